The number of benzene rings is 3. The molecular weight excluding hydrogens is 456 g/mol. The number of anilines is 1. The molecule has 11 heteroatoms. The number of nitrogens with one attached hydrogen (secondary N) is 2. The van der Waals surface area contributed by atoms with Crippen molar-refractivity contribution in [3.05, 3.63) is 59.2 Å². The normalized spacial score (nSPS) is 12.9. The second-order valence-corrected chi connectivity index (χ2v) is 11.1. The third-order valence-corrected chi connectivity index (χ3v) is 6.74. The van der Waals surface area contributed by atoms with Gasteiger partial charge in [0, 0.05) is 45.0 Å². The van der Waals surface area contributed by atoms with Crippen molar-refractivity contribution < 1.29 is 31.2 Å². The fourth-order valence-corrected chi connectivity index (χ4v) is 5.22. The molecule has 0 unspecified atom stereocenters. The zero-order valence-electron chi connectivity index (χ0n) is 16.8. The smallest absolute Gasteiger partial charge is 0.264 e. The van der Waals surface area contributed by atoms with Crippen LogP contribution in [0.2, 0.25) is 0 Å². The van der Waals surface area contributed by atoms with Crippen LogP contribution in [0.25, 0.3) is 21.9 Å². The van der Waals surface area contributed by atoms with Gasteiger partial charge in [0.05, 0.1) is 11.2 Å². The minimum atomic E-state index is -3.82. The van der Waals surface area contributed by atoms with Gasteiger partial charge in [-0.3, -0.25) is 14.4 Å². The van der Waals surface area contributed by atoms with Crippen LogP contribution in [-0.4, -0.2) is 47.4 Å². The largest absolute Gasteiger partial charge is 0.328 e. The number of carbonyl (C=O) groups is 3. The Kier molecular flexibility index (Phi) is 4.90. The molecule has 0 aliphatic heterocycles. The van der Waals surface area contributed by atoms with Crippen molar-refractivity contribution in [1.29, 1.82) is 0 Å². The maximum Gasteiger partial charge on any atom is 0.264 e. The molecule has 0 heterocycles. The van der Waals surface area contributed by atoms with Crippen molar-refractivity contribution >= 4 is 54.4 Å². The molecule has 0 fully saturated rings. The van der Waals surface area contributed by atoms with Gasteiger partial charge < -0.3 is 5.32 Å². The highest BCUT2D eigenvalue weighted by Crippen LogP contribution is 2.45. The lowest BCUT2D eigenvalue weighted by Gasteiger charge is -2.24. The monoisotopic (exact) mass is 472 g/mol. The molecule has 2 amide bonds. The molecule has 3 aromatic rings. The SMILES string of the molecule is CS(=O)(=O)NC(=O)c1ccc2c(c1)C(=O)c1cccc3c(NC=O)cc(S(C)(=O)=O)c-2c13. The quantitative estimate of drug-likeness (QED) is 0.421. The fourth-order valence-electron chi connectivity index (χ4n) is 3.85. The van der Waals surface area contributed by atoms with Crippen LogP contribution >= 0.6 is 0 Å². The fraction of sp³-hybridized carbons (Fsp3) is 0.0952. The Balaban J connectivity index is 2.08. The Hall–Kier alpha value is -3.57. The number of hydrogen-bond acceptors (Lipinski definition) is 7. The van der Waals surface area contributed by atoms with Gasteiger partial charge in [-0.05, 0) is 23.8 Å². The summed E-state index contributed by atoms with van der Waals surface area (Å²) in [6.07, 6.45) is 2.26. The molecule has 1 aliphatic carbocycles. The number of fused-ring (bicyclic) bond motifs is 2. The summed E-state index contributed by atoms with van der Waals surface area (Å²) in [7, 11) is -7.62. The summed E-state index contributed by atoms with van der Waals surface area (Å²) in [5.74, 6) is -1.38. The first-order valence-corrected chi connectivity index (χ1v) is 12.9. The summed E-state index contributed by atoms with van der Waals surface area (Å²) in [6.45, 7) is 0. The van der Waals surface area contributed by atoms with E-state index in [0.29, 0.717) is 17.2 Å². The van der Waals surface area contributed by atoms with E-state index in [9.17, 15) is 31.2 Å². The number of sulfonamides is 1. The molecule has 164 valence electrons. The molecule has 0 spiro atoms. The number of rotatable bonds is 5. The third-order valence-electron chi connectivity index (χ3n) is 5.06. The highest BCUT2D eigenvalue weighted by atomic mass is 32.2. The molecule has 0 aromatic heterocycles. The first-order valence-electron chi connectivity index (χ1n) is 9.13. The average molecular weight is 473 g/mol. The Morgan fingerprint density at radius 1 is 0.938 bits per heavy atom. The number of amides is 2. The zero-order chi connectivity index (χ0) is 23.4. The van der Waals surface area contributed by atoms with E-state index in [1.165, 1.54) is 30.3 Å². The van der Waals surface area contributed by atoms with Gasteiger partial charge in [0.25, 0.3) is 5.91 Å². The third kappa shape index (κ3) is 3.55. The van der Waals surface area contributed by atoms with Crippen molar-refractivity contribution in [1.82, 2.24) is 4.72 Å². The molecule has 0 radical (unpaired) electrons. The van der Waals surface area contributed by atoms with Gasteiger partial charge in [-0.1, -0.05) is 24.3 Å². The van der Waals surface area contributed by atoms with Gasteiger partial charge in [0.2, 0.25) is 16.4 Å². The van der Waals surface area contributed by atoms with E-state index < -0.39 is 31.6 Å². The maximum atomic E-state index is 13.3. The molecule has 2 N–H and O–H groups in total. The lowest BCUT2D eigenvalue weighted by Crippen LogP contribution is -2.29. The summed E-state index contributed by atoms with van der Waals surface area (Å²) in [5, 5.41) is 3.33. The predicted octanol–water partition coefficient (Wildman–Crippen LogP) is 1.71. The van der Waals surface area contributed by atoms with E-state index in [-0.39, 0.29) is 38.4 Å². The van der Waals surface area contributed by atoms with Crippen LogP contribution in [0.1, 0.15) is 26.3 Å². The first-order chi connectivity index (χ1) is 14.9. The van der Waals surface area contributed by atoms with Crippen LogP contribution in [-0.2, 0) is 24.7 Å². The molecule has 3 aromatic carbocycles. The molecule has 32 heavy (non-hydrogen) atoms. The summed E-state index contributed by atoms with van der Waals surface area (Å²) in [4.78, 5) is 36.6. The zero-order valence-corrected chi connectivity index (χ0v) is 18.4. The van der Waals surface area contributed by atoms with Crippen LogP contribution in [0, 0.1) is 0 Å². The van der Waals surface area contributed by atoms with Gasteiger partial charge >= 0.3 is 0 Å². The molecule has 0 saturated heterocycles. The molecule has 4 rings (SSSR count). The van der Waals surface area contributed by atoms with E-state index in [0.717, 1.165) is 12.5 Å². The van der Waals surface area contributed by atoms with E-state index in [1.807, 2.05) is 4.72 Å². The van der Waals surface area contributed by atoms with Crippen molar-refractivity contribution in [2.45, 2.75) is 4.90 Å². The van der Waals surface area contributed by atoms with Crippen molar-refractivity contribution in [3.8, 4) is 11.1 Å². The Bertz CT molecular complexity index is 1570. The average Bonchev–Trinajstić information content (AvgIpc) is 2.70. The van der Waals surface area contributed by atoms with E-state index in [1.54, 1.807) is 12.1 Å². The van der Waals surface area contributed by atoms with E-state index in [2.05, 4.69) is 5.32 Å². The van der Waals surface area contributed by atoms with Gasteiger partial charge in [0.1, 0.15) is 0 Å². The minimum absolute atomic E-state index is 0.0622. The Labute approximate surface area is 183 Å². The lowest BCUT2D eigenvalue weighted by atomic mass is 9.81. The standard InChI is InChI=1S/C21H16N2O7S2/c1-31(27,28)17-9-16(22-10-24)13-4-3-5-14-18(13)19(17)12-7-6-11(8-15(12)20(14)25)21(26)23-32(2,29)30/h3-10H,1-2H3,(H,22,24)(H,23,26). The van der Waals surface area contributed by atoms with Gasteiger partial charge in [-0.15, -0.1) is 0 Å². The van der Waals surface area contributed by atoms with E-state index in [4.69, 9.17) is 0 Å². The summed E-state index contributed by atoms with van der Waals surface area (Å²) in [6, 6.07) is 10.1. The van der Waals surface area contributed by atoms with E-state index >= 15 is 0 Å². The number of ketones is 1. The van der Waals surface area contributed by atoms with Gasteiger partial charge in [0.15, 0.2) is 15.6 Å². The highest BCUT2D eigenvalue weighted by molar-refractivity contribution is 7.91. The second kappa shape index (κ2) is 7.24. The van der Waals surface area contributed by atoms with Crippen LogP contribution in [0.3, 0.4) is 0 Å². The van der Waals surface area contributed by atoms with Crippen molar-refractivity contribution in [2.75, 3.05) is 17.8 Å². The first kappa shape index (κ1) is 21.7. The number of sulfone groups is 1. The summed E-state index contributed by atoms with van der Waals surface area (Å²) >= 11 is 0. The van der Waals surface area contributed by atoms with Crippen molar-refractivity contribution in [3.63, 3.8) is 0 Å². The molecule has 0 saturated carbocycles. The highest BCUT2D eigenvalue weighted by Gasteiger charge is 2.31. The number of hydrogen-bond donors (Lipinski definition) is 2. The molecule has 1 aliphatic rings. The van der Waals surface area contributed by atoms with Gasteiger partial charge in [-0.2, -0.15) is 0 Å². The topological polar surface area (TPSA) is 144 Å². The van der Waals surface area contributed by atoms with Crippen molar-refractivity contribution in [2.24, 2.45) is 0 Å². The van der Waals surface area contributed by atoms with Crippen LogP contribution in [0.4, 0.5) is 5.69 Å². The minimum Gasteiger partial charge on any atom is -0.328 e. The molecule has 0 atom stereocenters. The second-order valence-electron chi connectivity index (χ2n) is 7.35. The summed E-state index contributed by atoms with van der Waals surface area (Å²) in [5.41, 5.74) is 0.990. The lowest BCUT2D eigenvalue weighted by molar-refractivity contribution is -0.105. The Morgan fingerprint density at radius 2 is 1.66 bits per heavy atom. The number of carbonyl (C=O) groups excluding carboxylic acids is 3. The van der Waals surface area contributed by atoms with Gasteiger partial charge in [-0.25, -0.2) is 21.6 Å². The van der Waals surface area contributed by atoms with Crippen LogP contribution in [0.15, 0.2) is 47.4 Å². The molecular formula is C21H16N2O7S2. The maximum absolute atomic E-state index is 13.3. The molecule has 0 bridgehead atoms. The molecule has 9 nitrogen and oxygen atoms in total. The predicted molar refractivity (Wildman–Crippen MR) is 118 cm³/mol. The Morgan fingerprint density at radius 3 is 2.28 bits per heavy atom. The van der Waals surface area contributed by atoms with Crippen LogP contribution in [0.5, 0.6) is 0 Å². The van der Waals surface area contributed by atoms with Crippen LogP contribution < -0.4 is 10.0 Å². The summed E-state index contributed by atoms with van der Waals surface area (Å²) < 4.78 is 49.9.